The van der Waals surface area contributed by atoms with Crippen LogP contribution in [0.25, 0.3) is 0 Å². The summed E-state index contributed by atoms with van der Waals surface area (Å²) in [7, 11) is 0. The van der Waals surface area contributed by atoms with E-state index in [2.05, 4.69) is 31.2 Å². The second-order valence-corrected chi connectivity index (χ2v) is 4.98. The van der Waals surface area contributed by atoms with E-state index >= 15 is 0 Å². The minimum atomic E-state index is -0.630. The maximum Gasteiger partial charge on any atom is 0.260 e. The number of anilines is 1. The van der Waals surface area contributed by atoms with Crippen molar-refractivity contribution in [2.45, 2.75) is 6.92 Å². The third-order valence-electron chi connectivity index (χ3n) is 2.34. The quantitative estimate of drug-likeness (QED) is 0.847. The predicted octanol–water partition coefficient (Wildman–Crippen LogP) is 3.59. The first-order chi connectivity index (χ1) is 8.97. The standard InChI is InChI=1S/C12H8BrClFN3O/c1-6-2-10(16-5-9(6)13)18-12(19)8-3-7(15)4-17-11(8)14/h2-5H,1H3,(H,16,18,19). The summed E-state index contributed by atoms with van der Waals surface area (Å²) in [6.07, 6.45) is 2.51. The van der Waals surface area contributed by atoms with E-state index in [1.54, 1.807) is 12.3 Å². The zero-order valence-corrected chi connectivity index (χ0v) is 12.1. The van der Waals surface area contributed by atoms with Crippen LogP contribution in [-0.4, -0.2) is 15.9 Å². The van der Waals surface area contributed by atoms with Crippen LogP contribution < -0.4 is 5.32 Å². The van der Waals surface area contributed by atoms with Gasteiger partial charge in [0, 0.05) is 10.7 Å². The second-order valence-electron chi connectivity index (χ2n) is 3.76. The number of hydrogen-bond acceptors (Lipinski definition) is 3. The van der Waals surface area contributed by atoms with Crippen LogP contribution in [0.15, 0.2) is 29.0 Å². The number of aryl methyl sites for hydroxylation is 1. The maximum absolute atomic E-state index is 13.0. The molecule has 2 rings (SSSR count). The first-order valence-corrected chi connectivity index (χ1v) is 6.39. The predicted molar refractivity (Wildman–Crippen MR) is 73.8 cm³/mol. The summed E-state index contributed by atoms with van der Waals surface area (Å²) < 4.78 is 13.9. The fraction of sp³-hybridized carbons (Fsp3) is 0.0833. The minimum absolute atomic E-state index is 0.0379. The van der Waals surface area contributed by atoms with Crippen molar-refractivity contribution >= 4 is 39.3 Å². The molecule has 0 bridgehead atoms. The van der Waals surface area contributed by atoms with Gasteiger partial charge in [-0.3, -0.25) is 4.79 Å². The minimum Gasteiger partial charge on any atom is -0.306 e. The summed E-state index contributed by atoms with van der Waals surface area (Å²) in [6.45, 7) is 1.86. The highest BCUT2D eigenvalue weighted by Crippen LogP contribution is 2.19. The normalized spacial score (nSPS) is 10.3. The van der Waals surface area contributed by atoms with Gasteiger partial charge in [0.1, 0.15) is 16.8 Å². The highest BCUT2D eigenvalue weighted by molar-refractivity contribution is 9.10. The molecule has 2 aromatic heterocycles. The number of aromatic nitrogens is 2. The Balaban J connectivity index is 2.25. The zero-order valence-electron chi connectivity index (χ0n) is 9.75. The Hall–Kier alpha value is -1.53. The van der Waals surface area contributed by atoms with E-state index in [9.17, 15) is 9.18 Å². The Bertz CT molecular complexity index is 651. The summed E-state index contributed by atoms with van der Waals surface area (Å²) in [5.74, 6) is -0.841. The van der Waals surface area contributed by atoms with Crippen molar-refractivity contribution in [3.05, 3.63) is 51.1 Å². The van der Waals surface area contributed by atoms with Crippen molar-refractivity contribution in [3.63, 3.8) is 0 Å². The van der Waals surface area contributed by atoms with Crippen molar-refractivity contribution < 1.29 is 9.18 Å². The molecule has 0 unspecified atom stereocenters. The molecule has 2 aromatic rings. The van der Waals surface area contributed by atoms with Crippen LogP contribution in [0.3, 0.4) is 0 Å². The number of nitrogens with zero attached hydrogens (tertiary/aromatic N) is 2. The Morgan fingerprint density at radius 1 is 1.37 bits per heavy atom. The number of pyridine rings is 2. The van der Waals surface area contributed by atoms with E-state index in [0.717, 1.165) is 22.3 Å². The third kappa shape index (κ3) is 3.27. The number of carbonyl (C=O) groups is 1. The molecule has 19 heavy (non-hydrogen) atoms. The first-order valence-electron chi connectivity index (χ1n) is 5.22. The molecule has 98 valence electrons. The number of hydrogen-bond donors (Lipinski definition) is 1. The van der Waals surface area contributed by atoms with Gasteiger partial charge >= 0.3 is 0 Å². The van der Waals surface area contributed by atoms with Crippen LogP contribution in [0.5, 0.6) is 0 Å². The Morgan fingerprint density at radius 3 is 2.79 bits per heavy atom. The van der Waals surface area contributed by atoms with E-state index in [1.165, 1.54) is 0 Å². The first kappa shape index (κ1) is 13.9. The van der Waals surface area contributed by atoms with Crippen molar-refractivity contribution in [1.82, 2.24) is 9.97 Å². The highest BCUT2D eigenvalue weighted by atomic mass is 79.9. The summed E-state index contributed by atoms with van der Waals surface area (Å²) in [4.78, 5) is 19.5. The molecule has 0 aromatic carbocycles. The molecule has 7 heteroatoms. The zero-order chi connectivity index (χ0) is 14.0. The lowest BCUT2D eigenvalue weighted by Gasteiger charge is -2.07. The van der Waals surface area contributed by atoms with E-state index < -0.39 is 11.7 Å². The fourth-order valence-electron chi connectivity index (χ4n) is 1.37. The van der Waals surface area contributed by atoms with Gasteiger partial charge in [0.15, 0.2) is 0 Å². The molecule has 0 saturated heterocycles. The highest BCUT2D eigenvalue weighted by Gasteiger charge is 2.13. The van der Waals surface area contributed by atoms with Crippen LogP contribution in [0.4, 0.5) is 10.2 Å². The van der Waals surface area contributed by atoms with E-state index in [1.807, 2.05) is 6.92 Å². The van der Waals surface area contributed by atoms with Crippen LogP contribution in [0.1, 0.15) is 15.9 Å². The van der Waals surface area contributed by atoms with Gasteiger partial charge in [0.05, 0.1) is 11.8 Å². The lowest BCUT2D eigenvalue weighted by atomic mass is 10.2. The molecule has 1 amide bonds. The summed E-state index contributed by atoms with van der Waals surface area (Å²) >= 11 is 9.05. The smallest absolute Gasteiger partial charge is 0.260 e. The van der Waals surface area contributed by atoms with Crippen molar-refractivity contribution in [2.75, 3.05) is 5.32 Å². The average Bonchev–Trinajstić information content (AvgIpc) is 2.36. The van der Waals surface area contributed by atoms with Crippen LogP contribution in [0.2, 0.25) is 5.15 Å². The monoisotopic (exact) mass is 343 g/mol. The lowest BCUT2D eigenvalue weighted by Crippen LogP contribution is -2.14. The van der Waals surface area contributed by atoms with Gasteiger partial charge in [-0.2, -0.15) is 0 Å². The van der Waals surface area contributed by atoms with Gasteiger partial charge in [-0.15, -0.1) is 0 Å². The third-order valence-corrected chi connectivity index (χ3v) is 3.47. The molecular weight excluding hydrogens is 337 g/mol. The maximum atomic E-state index is 13.0. The average molecular weight is 345 g/mol. The molecule has 0 saturated carbocycles. The fourth-order valence-corrected chi connectivity index (χ4v) is 1.78. The van der Waals surface area contributed by atoms with Gasteiger partial charge in [-0.05, 0) is 40.5 Å². The van der Waals surface area contributed by atoms with Crippen molar-refractivity contribution in [3.8, 4) is 0 Å². The molecule has 0 radical (unpaired) electrons. The lowest BCUT2D eigenvalue weighted by molar-refractivity contribution is 0.102. The summed E-state index contributed by atoms with van der Waals surface area (Å²) in [6, 6.07) is 2.71. The SMILES string of the molecule is Cc1cc(NC(=O)c2cc(F)cnc2Cl)ncc1Br. The molecule has 0 aliphatic heterocycles. The molecule has 0 aliphatic rings. The molecule has 0 atom stereocenters. The van der Waals surface area contributed by atoms with E-state index in [4.69, 9.17) is 11.6 Å². The van der Waals surface area contributed by atoms with Crippen LogP contribution >= 0.6 is 27.5 Å². The molecule has 0 fully saturated rings. The van der Waals surface area contributed by atoms with Gasteiger partial charge in [0.25, 0.3) is 5.91 Å². The number of nitrogens with one attached hydrogen (secondary N) is 1. The van der Waals surface area contributed by atoms with E-state index in [-0.39, 0.29) is 10.7 Å². The number of halogens is 3. The largest absolute Gasteiger partial charge is 0.306 e. The Labute approximate surface area is 122 Å². The van der Waals surface area contributed by atoms with Crippen LogP contribution in [0, 0.1) is 12.7 Å². The molecule has 0 aliphatic carbocycles. The number of amides is 1. The summed E-state index contributed by atoms with van der Waals surface area (Å²) in [5.41, 5.74) is 0.873. The van der Waals surface area contributed by atoms with Crippen molar-refractivity contribution in [1.29, 1.82) is 0 Å². The molecule has 1 N–H and O–H groups in total. The number of carbonyl (C=O) groups excluding carboxylic acids is 1. The van der Waals surface area contributed by atoms with Gasteiger partial charge in [-0.1, -0.05) is 11.6 Å². The van der Waals surface area contributed by atoms with Gasteiger partial charge in [-0.25, -0.2) is 14.4 Å². The molecular formula is C12H8BrClFN3O. The van der Waals surface area contributed by atoms with Crippen molar-refractivity contribution in [2.24, 2.45) is 0 Å². The summed E-state index contributed by atoms with van der Waals surface area (Å²) in [5, 5.41) is 2.47. The molecule has 4 nitrogen and oxygen atoms in total. The second kappa shape index (κ2) is 5.63. The van der Waals surface area contributed by atoms with Crippen LogP contribution in [-0.2, 0) is 0 Å². The molecule has 0 spiro atoms. The Morgan fingerprint density at radius 2 is 2.11 bits per heavy atom. The topological polar surface area (TPSA) is 54.9 Å². The van der Waals surface area contributed by atoms with E-state index in [0.29, 0.717) is 5.82 Å². The molecule has 2 heterocycles. The van der Waals surface area contributed by atoms with Gasteiger partial charge in [0.2, 0.25) is 0 Å². The Kier molecular flexibility index (Phi) is 4.11. The van der Waals surface area contributed by atoms with Gasteiger partial charge < -0.3 is 5.32 Å². The number of rotatable bonds is 2.